The summed E-state index contributed by atoms with van der Waals surface area (Å²) in [5.74, 6) is 1.75. The van der Waals surface area contributed by atoms with Crippen LogP contribution in [-0.4, -0.2) is 73.7 Å². The summed E-state index contributed by atoms with van der Waals surface area (Å²) in [4.78, 5) is 17.8. The Morgan fingerprint density at radius 1 is 1.07 bits per heavy atom. The molecule has 1 aromatic heterocycles. The Hall–Kier alpha value is -1.42. The van der Waals surface area contributed by atoms with Crippen LogP contribution in [0, 0.1) is 0 Å². The molecular formula is C20H34IN7. The number of anilines is 1. The first-order valence-electron chi connectivity index (χ1n) is 10.2. The van der Waals surface area contributed by atoms with Crippen molar-refractivity contribution in [1.29, 1.82) is 0 Å². The van der Waals surface area contributed by atoms with Crippen LogP contribution in [0.2, 0.25) is 0 Å². The van der Waals surface area contributed by atoms with Crippen LogP contribution < -0.4 is 15.5 Å². The number of allylic oxidation sites excluding steroid dienone is 1. The summed E-state index contributed by atoms with van der Waals surface area (Å²) in [6.07, 6.45) is 12.4. The molecule has 0 radical (unpaired) electrons. The van der Waals surface area contributed by atoms with Crippen molar-refractivity contribution < 1.29 is 0 Å². The number of guanidine groups is 1. The molecule has 3 rings (SSSR count). The number of rotatable bonds is 7. The van der Waals surface area contributed by atoms with Gasteiger partial charge in [-0.3, -0.25) is 9.89 Å². The van der Waals surface area contributed by atoms with Crippen LogP contribution in [0.1, 0.15) is 32.1 Å². The predicted octanol–water partition coefficient (Wildman–Crippen LogP) is 2.27. The van der Waals surface area contributed by atoms with E-state index in [9.17, 15) is 0 Å². The minimum Gasteiger partial charge on any atom is -0.356 e. The standard InChI is InChI=1S/C20H33N7.HI/c1-21-19(22-11-8-18-6-3-2-4-7-18)23-12-13-26-14-16-27(17-15-26)20-24-9-5-10-25-20;/h5-6,9-10H,2-4,7-8,11-17H2,1H3,(H2,21,22,23);1H. The van der Waals surface area contributed by atoms with Gasteiger partial charge in [0.2, 0.25) is 5.95 Å². The van der Waals surface area contributed by atoms with E-state index in [4.69, 9.17) is 0 Å². The summed E-state index contributed by atoms with van der Waals surface area (Å²) in [6.45, 7) is 6.93. The second-order valence-corrected chi connectivity index (χ2v) is 7.16. The Morgan fingerprint density at radius 3 is 2.50 bits per heavy atom. The highest BCUT2D eigenvalue weighted by Crippen LogP contribution is 2.19. The molecule has 156 valence electrons. The van der Waals surface area contributed by atoms with Crippen molar-refractivity contribution in [2.75, 3.05) is 57.8 Å². The maximum absolute atomic E-state index is 4.34. The third-order valence-corrected chi connectivity index (χ3v) is 5.27. The number of hydrogen-bond acceptors (Lipinski definition) is 5. The Kier molecular flexibility index (Phi) is 10.6. The molecule has 1 fully saturated rings. The fourth-order valence-corrected chi connectivity index (χ4v) is 3.65. The van der Waals surface area contributed by atoms with E-state index in [0.717, 1.165) is 64.1 Å². The summed E-state index contributed by atoms with van der Waals surface area (Å²) in [5, 5.41) is 6.87. The average Bonchev–Trinajstić information content (AvgIpc) is 2.74. The van der Waals surface area contributed by atoms with Crippen LogP contribution in [0.5, 0.6) is 0 Å². The van der Waals surface area contributed by atoms with Crippen molar-refractivity contribution in [2.45, 2.75) is 32.1 Å². The Balaban J connectivity index is 0.00000280. The summed E-state index contributed by atoms with van der Waals surface area (Å²) < 4.78 is 0. The van der Waals surface area contributed by atoms with Gasteiger partial charge in [-0.15, -0.1) is 24.0 Å². The van der Waals surface area contributed by atoms with Gasteiger partial charge in [-0.2, -0.15) is 0 Å². The minimum absolute atomic E-state index is 0. The fraction of sp³-hybridized carbons (Fsp3) is 0.650. The largest absolute Gasteiger partial charge is 0.356 e. The normalized spacial score (nSPS) is 18.2. The van der Waals surface area contributed by atoms with Crippen LogP contribution in [0.15, 0.2) is 35.1 Å². The van der Waals surface area contributed by atoms with E-state index in [2.05, 4.69) is 41.5 Å². The fourth-order valence-electron chi connectivity index (χ4n) is 3.65. The summed E-state index contributed by atoms with van der Waals surface area (Å²) in [6, 6.07) is 1.86. The van der Waals surface area contributed by atoms with Crippen LogP contribution >= 0.6 is 24.0 Å². The maximum atomic E-state index is 4.34. The van der Waals surface area contributed by atoms with Gasteiger partial charge in [0.25, 0.3) is 0 Å². The molecule has 2 heterocycles. The molecule has 1 aromatic rings. The number of nitrogens with one attached hydrogen (secondary N) is 2. The van der Waals surface area contributed by atoms with Gasteiger partial charge in [-0.25, -0.2) is 9.97 Å². The highest BCUT2D eigenvalue weighted by atomic mass is 127. The van der Waals surface area contributed by atoms with Gasteiger partial charge in [-0.1, -0.05) is 11.6 Å². The van der Waals surface area contributed by atoms with Crippen molar-refractivity contribution in [3.05, 3.63) is 30.1 Å². The summed E-state index contributed by atoms with van der Waals surface area (Å²) in [7, 11) is 1.84. The molecule has 1 saturated heterocycles. The second kappa shape index (κ2) is 12.9. The van der Waals surface area contributed by atoms with Crippen LogP contribution in [-0.2, 0) is 0 Å². The lowest BCUT2D eigenvalue weighted by atomic mass is 9.97. The van der Waals surface area contributed by atoms with E-state index in [1.807, 2.05) is 25.5 Å². The Morgan fingerprint density at radius 2 is 1.82 bits per heavy atom. The van der Waals surface area contributed by atoms with Crippen molar-refractivity contribution in [3.8, 4) is 0 Å². The SMILES string of the molecule is CN=C(NCCC1=CCCCC1)NCCN1CCN(c2ncccn2)CC1.I. The minimum atomic E-state index is 0. The Labute approximate surface area is 186 Å². The van der Waals surface area contributed by atoms with E-state index in [1.54, 1.807) is 5.57 Å². The molecule has 0 bridgehead atoms. The molecule has 0 spiro atoms. The molecule has 2 aliphatic rings. The molecule has 2 N–H and O–H groups in total. The maximum Gasteiger partial charge on any atom is 0.225 e. The van der Waals surface area contributed by atoms with E-state index >= 15 is 0 Å². The zero-order valence-electron chi connectivity index (χ0n) is 16.9. The second-order valence-electron chi connectivity index (χ2n) is 7.16. The molecule has 1 aliphatic carbocycles. The Bertz CT molecular complexity index is 612. The van der Waals surface area contributed by atoms with Gasteiger partial charge in [0, 0.05) is 65.3 Å². The highest BCUT2D eigenvalue weighted by Gasteiger charge is 2.18. The number of piperazine rings is 1. The van der Waals surface area contributed by atoms with Gasteiger partial charge in [0.05, 0.1) is 0 Å². The van der Waals surface area contributed by atoms with Gasteiger partial charge in [-0.05, 0) is 38.2 Å². The molecule has 7 nitrogen and oxygen atoms in total. The number of halogens is 1. The molecule has 1 aliphatic heterocycles. The van der Waals surface area contributed by atoms with Crippen LogP contribution in [0.4, 0.5) is 5.95 Å². The third-order valence-electron chi connectivity index (χ3n) is 5.27. The summed E-state index contributed by atoms with van der Waals surface area (Å²) in [5.41, 5.74) is 1.60. The van der Waals surface area contributed by atoms with E-state index in [-0.39, 0.29) is 24.0 Å². The molecule has 8 heteroatoms. The number of aliphatic imine (C=N–C) groups is 1. The number of aromatic nitrogens is 2. The van der Waals surface area contributed by atoms with Crippen molar-refractivity contribution in [2.24, 2.45) is 4.99 Å². The molecule has 0 atom stereocenters. The summed E-state index contributed by atoms with van der Waals surface area (Å²) >= 11 is 0. The van der Waals surface area contributed by atoms with Gasteiger partial charge >= 0.3 is 0 Å². The third kappa shape index (κ3) is 7.54. The zero-order valence-corrected chi connectivity index (χ0v) is 19.3. The van der Waals surface area contributed by atoms with E-state index in [0.29, 0.717) is 0 Å². The highest BCUT2D eigenvalue weighted by molar-refractivity contribution is 14.0. The molecular weight excluding hydrogens is 465 g/mol. The van der Waals surface area contributed by atoms with E-state index in [1.165, 1.54) is 25.7 Å². The van der Waals surface area contributed by atoms with Crippen LogP contribution in [0.3, 0.4) is 0 Å². The smallest absolute Gasteiger partial charge is 0.225 e. The lowest BCUT2D eigenvalue weighted by molar-refractivity contribution is 0.260. The average molecular weight is 499 g/mol. The number of hydrogen-bond donors (Lipinski definition) is 2. The number of nitrogens with zero attached hydrogens (tertiary/aromatic N) is 5. The van der Waals surface area contributed by atoms with E-state index < -0.39 is 0 Å². The molecule has 0 aromatic carbocycles. The lowest BCUT2D eigenvalue weighted by Crippen LogP contribution is -2.49. The van der Waals surface area contributed by atoms with Crippen molar-refractivity contribution in [3.63, 3.8) is 0 Å². The molecule has 28 heavy (non-hydrogen) atoms. The molecule has 0 saturated carbocycles. The topological polar surface area (TPSA) is 68.7 Å². The van der Waals surface area contributed by atoms with Gasteiger partial charge in [0.1, 0.15) is 0 Å². The predicted molar refractivity (Wildman–Crippen MR) is 127 cm³/mol. The molecule has 0 unspecified atom stereocenters. The van der Waals surface area contributed by atoms with Crippen molar-refractivity contribution >= 4 is 35.9 Å². The first kappa shape index (κ1) is 22.9. The lowest BCUT2D eigenvalue weighted by Gasteiger charge is -2.34. The van der Waals surface area contributed by atoms with Crippen molar-refractivity contribution in [1.82, 2.24) is 25.5 Å². The first-order valence-corrected chi connectivity index (χ1v) is 10.2. The van der Waals surface area contributed by atoms with Gasteiger partial charge in [0.15, 0.2) is 5.96 Å². The zero-order chi connectivity index (χ0) is 18.7. The first-order chi connectivity index (χ1) is 13.3. The monoisotopic (exact) mass is 499 g/mol. The van der Waals surface area contributed by atoms with Gasteiger partial charge < -0.3 is 15.5 Å². The van der Waals surface area contributed by atoms with Crippen LogP contribution in [0.25, 0.3) is 0 Å². The quantitative estimate of drug-likeness (QED) is 0.260. The molecule has 0 amide bonds.